The van der Waals surface area contributed by atoms with Crippen LogP contribution in [0, 0.1) is 5.92 Å². The summed E-state index contributed by atoms with van der Waals surface area (Å²) in [7, 11) is 4.01. The van der Waals surface area contributed by atoms with Crippen molar-refractivity contribution in [2.24, 2.45) is 13.0 Å². The fraction of sp³-hybridized carbons (Fsp3) is 0.400. The Balaban J connectivity index is 1.55. The molecule has 26 heavy (non-hydrogen) atoms. The van der Waals surface area contributed by atoms with E-state index < -0.39 is 0 Å². The minimum atomic E-state index is 0.146. The first-order valence-electron chi connectivity index (χ1n) is 9.04. The Hall–Kier alpha value is -2.60. The molecule has 1 saturated heterocycles. The number of aromatic nitrogens is 4. The van der Waals surface area contributed by atoms with Gasteiger partial charge in [0.15, 0.2) is 0 Å². The summed E-state index contributed by atoms with van der Waals surface area (Å²) >= 11 is 0. The number of hydrogen-bond donors (Lipinski definition) is 0. The quantitative estimate of drug-likeness (QED) is 0.724. The number of hydrogen-bond acceptors (Lipinski definition) is 5. The van der Waals surface area contributed by atoms with E-state index in [1.54, 1.807) is 4.68 Å². The molecule has 0 spiro atoms. The highest BCUT2D eigenvalue weighted by Gasteiger charge is 2.24. The second-order valence-corrected chi connectivity index (χ2v) is 7.18. The SMILES string of the molecule is CN1CCC(C(=O)Cc2ncc3ccc(-c4cnn(C)c4)cc3n2)CC1. The van der Waals surface area contributed by atoms with Gasteiger partial charge < -0.3 is 4.90 Å². The largest absolute Gasteiger partial charge is 0.306 e. The molecular weight excluding hydrogens is 326 g/mol. The zero-order chi connectivity index (χ0) is 18.1. The van der Waals surface area contributed by atoms with Crippen molar-refractivity contribution in [2.45, 2.75) is 19.3 Å². The summed E-state index contributed by atoms with van der Waals surface area (Å²) in [6.45, 7) is 1.98. The standard InChI is InChI=1S/C20H23N5O/c1-24-7-5-14(6-8-24)19(26)10-20-21-11-16-4-3-15(9-18(16)23-20)17-12-22-25(2)13-17/h3-4,9,11-14H,5-8,10H2,1-2H3. The summed E-state index contributed by atoms with van der Waals surface area (Å²) in [5.74, 6) is 1.03. The average Bonchev–Trinajstić information content (AvgIpc) is 3.08. The molecule has 3 aromatic rings. The van der Waals surface area contributed by atoms with Crippen molar-refractivity contribution in [3.63, 3.8) is 0 Å². The first kappa shape index (κ1) is 16.8. The molecule has 6 heteroatoms. The van der Waals surface area contributed by atoms with E-state index in [4.69, 9.17) is 0 Å². The van der Waals surface area contributed by atoms with Crippen molar-refractivity contribution in [1.82, 2.24) is 24.6 Å². The molecule has 0 bridgehead atoms. The highest BCUT2D eigenvalue weighted by Crippen LogP contribution is 2.23. The van der Waals surface area contributed by atoms with Crippen LogP contribution in [0.15, 0.2) is 36.8 Å². The molecular formula is C20H23N5O. The lowest BCUT2D eigenvalue weighted by molar-refractivity contribution is -0.123. The summed E-state index contributed by atoms with van der Waals surface area (Å²) in [6.07, 6.45) is 7.83. The van der Waals surface area contributed by atoms with Crippen molar-refractivity contribution in [2.75, 3.05) is 20.1 Å². The number of nitrogens with zero attached hydrogens (tertiary/aromatic N) is 5. The predicted molar refractivity (Wildman–Crippen MR) is 101 cm³/mol. The van der Waals surface area contributed by atoms with Crippen LogP contribution in [0.4, 0.5) is 0 Å². The zero-order valence-electron chi connectivity index (χ0n) is 15.2. The lowest BCUT2D eigenvalue weighted by Gasteiger charge is -2.27. The number of ketones is 1. The van der Waals surface area contributed by atoms with E-state index in [1.165, 1.54) is 0 Å². The van der Waals surface area contributed by atoms with Crippen molar-refractivity contribution in [3.8, 4) is 11.1 Å². The van der Waals surface area contributed by atoms with E-state index in [0.717, 1.165) is 48.0 Å². The Bertz CT molecular complexity index is 940. The molecule has 0 aliphatic carbocycles. The molecule has 0 N–H and O–H groups in total. The summed E-state index contributed by atoms with van der Waals surface area (Å²) < 4.78 is 1.78. The second-order valence-electron chi connectivity index (χ2n) is 7.18. The van der Waals surface area contributed by atoms with E-state index in [2.05, 4.69) is 27.0 Å². The van der Waals surface area contributed by atoms with Crippen LogP contribution < -0.4 is 0 Å². The van der Waals surface area contributed by atoms with Gasteiger partial charge in [-0.2, -0.15) is 5.10 Å². The van der Waals surface area contributed by atoms with Gasteiger partial charge in [0.2, 0.25) is 0 Å². The molecule has 134 valence electrons. The molecule has 1 fully saturated rings. The first-order chi connectivity index (χ1) is 12.6. The zero-order valence-corrected chi connectivity index (χ0v) is 15.2. The van der Waals surface area contributed by atoms with Gasteiger partial charge in [-0.05, 0) is 44.6 Å². The monoisotopic (exact) mass is 349 g/mol. The lowest BCUT2D eigenvalue weighted by atomic mass is 9.91. The second kappa shape index (κ2) is 6.96. The minimum Gasteiger partial charge on any atom is -0.306 e. The number of aryl methyl sites for hydroxylation is 1. The third-order valence-electron chi connectivity index (χ3n) is 5.18. The van der Waals surface area contributed by atoms with Gasteiger partial charge in [0.1, 0.15) is 11.6 Å². The van der Waals surface area contributed by atoms with E-state index in [-0.39, 0.29) is 11.7 Å². The van der Waals surface area contributed by atoms with E-state index in [1.807, 2.05) is 43.8 Å². The van der Waals surface area contributed by atoms with Gasteiger partial charge in [0.05, 0.1) is 18.1 Å². The van der Waals surface area contributed by atoms with Gasteiger partial charge in [-0.15, -0.1) is 0 Å². The molecule has 4 rings (SSSR count). The van der Waals surface area contributed by atoms with Gasteiger partial charge in [-0.25, -0.2) is 9.97 Å². The van der Waals surface area contributed by atoms with Crippen LogP contribution in [0.3, 0.4) is 0 Å². The topological polar surface area (TPSA) is 63.9 Å². The van der Waals surface area contributed by atoms with Gasteiger partial charge >= 0.3 is 0 Å². The maximum Gasteiger partial charge on any atom is 0.143 e. The van der Waals surface area contributed by atoms with Gasteiger partial charge in [-0.1, -0.05) is 12.1 Å². The molecule has 1 aliphatic heterocycles. The highest BCUT2D eigenvalue weighted by atomic mass is 16.1. The van der Waals surface area contributed by atoms with Crippen LogP contribution in [0.5, 0.6) is 0 Å². The molecule has 0 unspecified atom stereocenters. The summed E-state index contributed by atoms with van der Waals surface area (Å²) in [6, 6.07) is 6.10. The van der Waals surface area contributed by atoms with Crippen molar-refractivity contribution in [1.29, 1.82) is 0 Å². The molecule has 0 saturated carbocycles. The number of benzene rings is 1. The van der Waals surface area contributed by atoms with Gasteiger partial charge in [0.25, 0.3) is 0 Å². The Morgan fingerprint density at radius 2 is 1.96 bits per heavy atom. The van der Waals surface area contributed by atoms with Crippen molar-refractivity contribution in [3.05, 3.63) is 42.6 Å². The normalized spacial score (nSPS) is 16.2. The van der Waals surface area contributed by atoms with E-state index in [0.29, 0.717) is 12.2 Å². The third kappa shape index (κ3) is 3.51. The van der Waals surface area contributed by atoms with Crippen molar-refractivity contribution >= 4 is 16.7 Å². The smallest absolute Gasteiger partial charge is 0.143 e. The summed E-state index contributed by atoms with van der Waals surface area (Å²) in [4.78, 5) is 23.9. The molecule has 6 nitrogen and oxygen atoms in total. The predicted octanol–water partition coefficient (Wildman–Crippen LogP) is 2.48. The maximum atomic E-state index is 12.6. The summed E-state index contributed by atoms with van der Waals surface area (Å²) in [5, 5.41) is 5.20. The fourth-order valence-corrected chi connectivity index (χ4v) is 3.53. The number of likely N-dealkylation sites (tertiary alicyclic amines) is 1. The highest BCUT2D eigenvalue weighted by molar-refractivity contribution is 5.85. The van der Waals surface area contributed by atoms with E-state index >= 15 is 0 Å². The van der Waals surface area contributed by atoms with Crippen LogP contribution >= 0.6 is 0 Å². The molecule has 0 atom stereocenters. The van der Waals surface area contributed by atoms with Crippen LogP contribution in [-0.4, -0.2) is 50.6 Å². The first-order valence-corrected chi connectivity index (χ1v) is 9.04. The number of rotatable bonds is 4. The van der Waals surface area contributed by atoms with Crippen molar-refractivity contribution < 1.29 is 4.79 Å². The lowest BCUT2D eigenvalue weighted by Crippen LogP contribution is -2.34. The molecule has 2 aromatic heterocycles. The molecule has 3 heterocycles. The average molecular weight is 349 g/mol. The maximum absolute atomic E-state index is 12.6. The number of Topliss-reactive ketones (excluding diaryl/α,β-unsaturated/α-hetero) is 1. The molecule has 0 amide bonds. The fourth-order valence-electron chi connectivity index (χ4n) is 3.53. The summed E-state index contributed by atoms with van der Waals surface area (Å²) in [5.41, 5.74) is 2.99. The number of fused-ring (bicyclic) bond motifs is 1. The van der Waals surface area contributed by atoms with Gasteiger partial charge in [0, 0.05) is 36.3 Å². The molecule has 0 radical (unpaired) electrons. The Morgan fingerprint density at radius 3 is 2.69 bits per heavy atom. The number of carbonyl (C=O) groups is 1. The molecule has 1 aromatic carbocycles. The van der Waals surface area contributed by atoms with Crippen LogP contribution in [0.2, 0.25) is 0 Å². The minimum absolute atomic E-state index is 0.146. The van der Waals surface area contributed by atoms with Crippen LogP contribution in [0.25, 0.3) is 22.0 Å². The molecule has 1 aliphatic rings. The van der Waals surface area contributed by atoms with Gasteiger partial charge in [-0.3, -0.25) is 9.48 Å². The third-order valence-corrected chi connectivity index (χ3v) is 5.18. The number of piperidine rings is 1. The van der Waals surface area contributed by atoms with E-state index in [9.17, 15) is 4.79 Å². The Kier molecular flexibility index (Phi) is 4.51. The Morgan fingerprint density at radius 1 is 1.15 bits per heavy atom. The Labute approximate surface area is 152 Å². The van der Waals surface area contributed by atoms with Crippen LogP contribution in [0.1, 0.15) is 18.7 Å². The number of carbonyl (C=O) groups excluding carboxylic acids is 1. The van der Waals surface area contributed by atoms with Crippen LogP contribution in [-0.2, 0) is 18.3 Å².